The lowest BCUT2D eigenvalue weighted by Gasteiger charge is -2.15. The van der Waals surface area contributed by atoms with Gasteiger partial charge in [-0.2, -0.15) is 5.10 Å². The lowest BCUT2D eigenvalue weighted by atomic mass is 9.93. The van der Waals surface area contributed by atoms with Gasteiger partial charge in [0.15, 0.2) is 11.6 Å². The molecule has 5 heterocycles. The zero-order chi connectivity index (χ0) is 52.6. The standard InChI is InChI=1S/C28H19F2N5O3S.C25H16Cl2FN3O4S/c1-35-26(7-10-32-35)25-15-17(19-12-20(29)16-21(30)13-19)2-4-24(25)28-23-5-3-22(14-18(23)6-9-31-28)39(36,37)34-27-8-11-38-33-27;1-34-23-13-18(14-2-5-20(26)22(28)11-14)21(27)12-19(23)25-17-4-3-16(10-15(17)6-8-29-25)36(32,33)31-24-7-9-35-30-24/h2-16H,1H3,(H,33,34);2-13H,1H3,(H,30,31). The van der Waals surface area contributed by atoms with Crippen molar-refractivity contribution in [3.8, 4) is 61.8 Å². The molecule has 0 aliphatic rings. The first kappa shape index (κ1) is 50.0. The van der Waals surface area contributed by atoms with E-state index in [1.54, 1.807) is 84.9 Å². The topological polar surface area (TPSA) is 197 Å². The van der Waals surface area contributed by atoms with E-state index in [1.165, 1.54) is 74.2 Å². The summed E-state index contributed by atoms with van der Waals surface area (Å²) in [6, 6.07) is 34.1. The summed E-state index contributed by atoms with van der Waals surface area (Å²) in [6.07, 6.45) is 7.36. The van der Waals surface area contributed by atoms with Crippen molar-refractivity contribution in [1.29, 1.82) is 0 Å². The monoisotopic (exact) mass is 1090 g/mol. The number of fused-ring (bicyclic) bond motifs is 2. The number of hydrogen-bond donors (Lipinski definition) is 2. The molecule has 6 aromatic carbocycles. The van der Waals surface area contributed by atoms with Gasteiger partial charge >= 0.3 is 0 Å². The Bertz CT molecular complexity index is 4190. The van der Waals surface area contributed by atoms with Gasteiger partial charge in [0.25, 0.3) is 20.0 Å². The molecule has 376 valence electrons. The molecule has 11 aromatic rings. The van der Waals surface area contributed by atoms with Crippen LogP contribution >= 0.6 is 23.2 Å². The number of methoxy groups -OCH3 is 1. The van der Waals surface area contributed by atoms with Crippen LogP contribution in [0.3, 0.4) is 0 Å². The van der Waals surface area contributed by atoms with Gasteiger partial charge in [-0.15, -0.1) is 0 Å². The minimum absolute atomic E-state index is 0.0102. The molecule has 0 aliphatic carbocycles. The van der Waals surface area contributed by atoms with Crippen LogP contribution in [0.5, 0.6) is 5.75 Å². The molecule has 0 saturated carbocycles. The van der Waals surface area contributed by atoms with Crippen molar-refractivity contribution < 1.29 is 43.8 Å². The van der Waals surface area contributed by atoms with E-state index >= 15 is 0 Å². The highest BCUT2D eigenvalue weighted by molar-refractivity contribution is 7.93. The maximum absolute atomic E-state index is 14.0. The highest BCUT2D eigenvalue weighted by atomic mass is 35.5. The first-order valence-electron chi connectivity index (χ1n) is 22.1. The third-order valence-corrected chi connectivity index (χ3v) is 15.1. The molecule has 0 spiro atoms. The molecule has 0 bridgehead atoms. The number of ether oxygens (including phenoxy) is 1. The summed E-state index contributed by atoms with van der Waals surface area (Å²) in [4.78, 5) is 9.22. The minimum Gasteiger partial charge on any atom is -0.496 e. The Labute approximate surface area is 435 Å². The number of sulfonamides is 2. The van der Waals surface area contributed by atoms with E-state index in [9.17, 15) is 30.0 Å². The van der Waals surface area contributed by atoms with E-state index < -0.39 is 37.5 Å². The second-order valence-electron chi connectivity index (χ2n) is 16.5. The molecule has 22 heteroatoms. The fourth-order valence-electron chi connectivity index (χ4n) is 8.29. The van der Waals surface area contributed by atoms with Gasteiger partial charge in [0, 0.05) is 81.9 Å². The normalized spacial score (nSPS) is 11.6. The predicted octanol–water partition coefficient (Wildman–Crippen LogP) is 12.8. The van der Waals surface area contributed by atoms with Crippen LogP contribution in [-0.2, 0) is 27.1 Å². The number of anilines is 2. The molecule has 2 N–H and O–H groups in total. The third-order valence-electron chi connectivity index (χ3n) is 11.8. The summed E-state index contributed by atoms with van der Waals surface area (Å²) >= 11 is 12.4. The van der Waals surface area contributed by atoms with E-state index in [-0.39, 0.29) is 26.4 Å². The second kappa shape index (κ2) is 20.4. The van der Waals surface area contributed by atoms with Crippen LogP contribution in [0.25, 0.3) is 77.6 Å². The lowest BCUT2D eigenvalue weighted by Crippen LogP contribution is -2.13. The van der Waals surface area contributed by atoms with Gasteiger partial charge in [-0.1, -0.05) is 63.8 Å². The van der Waals surface area contributed by atoms with Crippen molar-refractivity contribution in [3.05, 3.63) is 192 Å². The fourth-order valence-corrected chi connectivity index (χ4v) is 10.7. The predicted molar refractivity (Wildman–Crippen MR) is 279 cm³/mol. The Morgan fingerprint density at radius 3 is 1.67 bits per heavy atom. The molecule has 0 aliphatic heterocycles. The Kier molecular flexibility index (Phi) is 13.6. The summed E-state index contributed by atoms with van der Waals surface area (Å²) in [5.74, 6) is -1.30. The number of aryl methyl sites for hydroxylation is 1. The maximum Gasteiger partial charge on any atom is 0.263 e. The molecule has 0 fully saturated rings. The second-order valence-corrected chi connectivity index (χ2v) is 20.7. The smallest absolute Gasteiger partial charge is 0.263 e. The van der Waals surface area contributed by atoms with Crippen LogP contribution in [-0.4, -0.2) is 54.0 Å². The molecule has 0 amide bonds. The first-order chi connectivity index (χ1) is 36.0. The SMILES string of the molecule is COc1cc(-c2ccc(Cl)c(F)c2)c(Cl)cc1-c1nccc2cc(S(=O)(=O)Nc3ccon3)ccc12.Cn1nccc1-c1cc(-c2cc(F)cc(F)c2)ccc1-c1nccc2cc(S(=O)(=O)Nc3ccon3)ccc12. The van der Waals surface area contributed by atoms with E-state index in [1.807, 2.05) is 18.2 Å². The molecule has 0 atom stereocenters. The van der Waals surface area contributed by atoms with Crippen LogP contribution in [0.2, 0.25) is 10.0 Å². The van der Waals surface area contributed by atoms with Crippen molar-refractivity contribution in [3.63, 3.8) is 0 Å². The zero-order valence-corrected chi connectivity index (χ0v) is 42.0. The molecule has 75 heavy (non-hydrogen) atoms. The Morgan fingerprint density at radius 1 is 0.547 bits per heavy atom. The quantitative estimate of drug-likeness (QED) is 0.118. The van der Waals surface area contributed by atoms with Crippen LogP contribution in [0.15, 0.2) is 183 Å². The van der Waals surface area contributed by atoms with Gasteiger partial charge in [-0.3, -0.25) is 24.1 Å². The Balaban J connectivity index is 0.000000172. The third kappa shape index (κ3) is 10.4. The van der Waals surface area contributed by atoms with E-state index in [0.717, 1.165) is 22.9 Å². The summed E-state index contributed by atoms with van der Waals surface area (Å²) < 4.78 is 115. The van der Waals surface area contributed by atoms with Crippen molar-refractivity contribution in [2.24, 2.45) is 7.05 Å². The number of hydrogen-bond acceptors (Lipinski definition) is 12. The van der Waals surface area contributed by atoms with Gasteiger partial charge in [0.2, 0.25) is 0 Å². The highest BCUT2D eigenvalue weighted by Gasteiger charge is 2.22. The maximum atomic E-state index is 14.0. The van der Waals surface area contributed by atoms with E-state index in [2.05, 4.69) is 39.3 Å². The summed E-state index contributed by atoms with van der Waals surface area (Å²) in [5.41, 5.74) is 6.06. The highest BCUT2D eigenvalue weighted by Crippen LogP contribution is 2.42. The molecule has 0 unspecified atom stereocenters. The number of nitrogens with one attached hydrogen (secondary N) is 2. The van der Waals surface area contributed by atoms with Gasteiger partial charge in [0.05, 0.1) is 39.0 Å². The number of nitrogens with zero attached hydrogens (tertiary/aromatic N) is 6. The Morgan fingerprint density at radius 2 is 1.13 bits per heavy atom. The number of pyridine rings is 2. The van der Waals surface area contributed by atoms with Crippen molar-refractivity contribution in [1.82, 2.24) is 30.1 Å². The van der Waals surface area contributed by atoms with Crippen LogP contribution in [0.1, 0.15) is 0 Å². The summed E-state index contributed by atoms with van der Waals surface area (Å²) in [5, 5.41) is 14.5. The molecule has 11 rings (SSSR count). The number of aromatic nitrogens is 6. The van der Waals surface area contributed by atoms with Crippen molar-refractivity contribution >= 4 is 76.4 Å². The molecular formula is C53H35Cl2F3N8O7S2. The largest absolute Gasteiger partial charge is 0.496 e. The van der Waals surface area contributed by atoms with Crippen molar-refractivity contribution in [2.45, 2.75) is 9.79 Å². The van der Waals surface area contributed by atoms with Gasteiger partial charge in [-0.05, 0) is 112 Å². The van der Waals surface area contributed by atoms with Gasteiger partial charge in [-0.25, -0.2) is 30.0 Å². The lowest BCUT2D eigenvalue weighted by molar-refractivity contribution is 0.416. The number of benzene rings is 6. The number of halogens is 5. The Hall–Kier alpha value is -8.56. The van der Waals surface area contributed by atoms with Gasteiger partial charge < -0.3 is 13.8 Å². The van der Waals surface area contributed by atoms with Gasteiger partial charge in [0.1, 0.15) is 35.7 Å². The summed E-state index contributed by atoms with van der Waals surface area (Å²) in [6.45, 7) is 0. The average Bonchev–Trinajstić information content (AvgIpc) is 4.22. The first-order valence-corrected chi connectivity index (χ1v) is 25.8. The van der Waals surface area contributed by atoms with Crippen molar-refractivity contribution in [2.75, 3.05) is 16.6 Å². The molecule has 15 nitrogen and oxygen atoms in total. The molecular weight excluding hydrogens is 1050 g/mol. The van der Waals surface area contributed by atoms with Crippen LogP contribution < -0.4 is 14.2 Å². The minimum atomic E-state index is -3.91. The number of rotatable bonds is 12. The van der Waals surface area contributed by atoms with Crippen LogP contribution in [0.4, 0.5) is 24.8 Å². The fraction of sp³-hybridized carbons (Fsp3) is 0.0377. The summed E-state index contributed by atoms with van der Waals surface area (Å²) in [7, 11) is -4.50. The van der Waals surface area contributed by atoms with E-state index in [4.69, 9.17) is 32.5 Å². The molecule has 5 aromatic heterocycles. The zero-order valence-electron chi connectivity index (χ0n) is 38.8. The van der Waals surface area contributed by atoms with Crippen LogP contribution in [0, 0.1) is 17.5 Å². The molecule has 0 radical (unpaired) electrons. The average molecular weight is 1090 g/mol. The van der Waals surface area contributed by atoms with E-state index in [0.29, 0.717) is 71.5 Å². The molecule has 0 saturated heterocycles.